The number of aliphatic hydroxyl groups excluding tert-OH is 1. The van der Waals surface area contributed by atoms with Crippen LogP contribution in [0.2, 0.25) is 0 Å². The number of carbonyl (C=O) groups excluding carboxylic acids is 1. The first kappa shape index (κ1) is 30.1. The fourth-order valence-corrected chi connectivity index (χ4v) is 7.69. The molecular weight excluding hydrogens is 576 g/mol. The number of para-hydroxylation sites is 1. The number of aliphatic imine (C=N–C) groups is 2. The Bertz CT molecular complexity index is 2110. The van der Waals surface area contributed by atoms with Gasteiger partial charge < -0.3 is 19.6 Å². The average molecular weight is 617 g/mol. The Hall–Kier alpha value is -4.56. The highest BCUT2D eigenvalue weighted by molar-refractivity contribution is 6.40. The van der Waals surface area contributed by atoms with Gasteiger partial charge in [-0.3, -0.25) is 9.79 Å². The highest BCUT2D eigenvalue weighted by Gasteiger charge is 2.45. The maximum absolute atomic E-state index is 12.4. The van der Waals surface area contributed by atoms with Gasteiger partial charge in [-0.05, 0) is 92.5 Å². The van der Waals surface area contributed by atoms with Crippen LogP contribution in [0.1, 0.15) is 82.0 Å². The molecule has 4 aliphatic heterocycles. The van der Waals surface area contributed by atoms with E-state index in [9.17, 15) is 9.90 Å². The minimum absolute atomic E-state index is 0.0816. The number of methoxy groups -OCH3 is 2. The van der Waals surface area contributed by atoms with Crippen molar-refractivity contribution in [2.45, 2.75) is 78.7 Å². The van der Waals surface area contributed by atoms with Crippen molar-refractivity contribution >= 4 is 35.2 Å². The number of esters is 1. The zero-order valence-electron chi connectivity index (χ0n) is 27.8. The fraction of sp³-hybridized carbons (Fsp3) is 0.368. The average Bonchev–Trinajstić information content (AvgIpc) is 3.79. The Morgan fingerprint density at radius 1 is 1.02 bits per heavy atom. The van der Waals surface area contributed by atoms with Crippen LogP contribution in [0.5, 0.6) is 0 Å². The lowest BCUT2D eigenvalue weighted by Crippen LogP contribution is -2.32. The number of aliphatic hydroxyl groups is 1. The normalized spacial score (nSPS) is 22.8. The van der Waals surface area contributed by atoms with Crippen LogP contribution in [-0.4, -0.2) is 47.8 Å². The fourth-order valence-electron chi connectivity index (χ4n) is 7.69. The summed E-state index contributed by atoms with van der Waals surface area (Å²) in [6.07, 6.45) is 5.97. The van der Waals surface area contributed by atoms with E-state index in [0.717, 1.165) is 79.8 Å². The molecule has 5 heterocycles. The lowest BCUT2D eigenvalue weighted by Gasteiger charge is -2.24. The monoisotopic (exact) mass is 616 g/mol. The van der Waals surface area contributed by atoms with Crippen LogP contribution < -0.4 is 10.6 Å². The number of nitrogens with zero attached hydrogens (tertiary/aromatic N) is 3. The molecule has 0 amide bonds. The van der Waals surface area contributed by atoms with Crippen molar-refractivity contribution in [2.24, 2.45) is 15.0 Å². The number of hydrogen-bond donors (Lipinski definition) is 2. The van der Waals surface area contributed by atoms with E-state index in [1.54, 1.807) is 7.11 Å². The lowest BCUT2D eigenvalue weighted by molar-refractivity contribution is -0.140. The molecule has 1 aromatic heterocycles. The molecule has 0 saturated heterocycles. The maximum Gasteiger partial charge on any atom is 0.305 e. The van der Waals surface area contributed by atoms with Gasteiger partial charge in [0, 0.05) is 41.1 Å². The first-order valence-electron chi connectivity index (χ1n) is 16.1. The summed E-state index contributed by atoms with van der Waals surface area (Å²) in [5, 5.41) is 13.6. The summed E-state index contributed by atoms with van der Waals surface area (Å²) < 4.78 is 10.9. The van der Waals surface area contributed by atoms with Crippen LogP contribution >= 0.6 is 0 Å². The molecule has 1 aromatic carbocycles. The highest BCUT2D eigenvalue weighted by atomic mass is 16.5. The third-order valence-electron chi connectivity index (χ3n) is 10.6. The summed E-state index contributed by atoms with van der Waals surface area (Å²) in [5.41, 5.74) is 13.4. The van der Waals surface area contributed by atoms with E-state index in [0.29, 0.717) is 23.4 Å². The number of aromatic amines is 1. The molecule has 0 spiro atoms. The van der Waals surface area contributed by atoms with Crippen molar-refractivity contribution in [3.8, 4) is 0 Å². The summed E-state index contributed by atoms with van der Waals surface area (Å²) in [6.45, 7) is 12.9. The van der Waals surface area contributed by atoms with Crippen molar-refractivity contribution in [1.29, 1.82) is 0 Å². The second-order valence-electron chi connectivity index (χ2n) is 12.8. The van der Waals surface area contributed by atoms with Gasteiger partial charge >= 0.3 is 5.97 Å². The first-order chi connectivity index (χ1) is 22.1. The predicted octanol–water partition coefficient (Wildman–Crippen LogP) is 6.03. The third-order valence-corrected chi connectivity index (χ3v) is 10.6. The van der Waals surface area contributed by atoms with E-state index in [-0.39, 0.29) is 23.6 Å². The Morgan fingerprint density at radius 2 is 1.80 bits per heavy atom. The molecule has 2 N–H and O–H groups in total. The minimum Gasteiger partial charge on any atom is -0.508 e. The third kappa shape index (κ3) is 4.09. The van der Waals surface area contributed by atoms with Crippen LogP contribution in [0.25, 0.3) is 17.8 Å². The summed E-state index contributed by atoms with van der Waals surface area (Å²) >= 11 is 0. The van der Waals surface area contributed by atoms with Gasteiger partial charge in [0.2, 0.25) is 0 Å². The zero-order chi connectivity index (χ0) is 32.7. The second kappa shape index (κ2) is 10.8. The number of carbonyl (C=O) groups is 1. The Morgan fingerprint density at radius 3 is 2.50 bits per heavy atom. The predicted molar refractivity (Wildman–Crippen MR) is 181 cm³/mol. The second-order valence-corrected chi connectivity index (χ2v) is 12.8. The van der Waals surface area contributed by atoms with E-state index in [1.807, 2.05) is 13.8 Å². The van der Waals surface area contributed by atoms with Gasteiger partial charge in [-0.25, -0.2) is 9.98 Å². The largest absolute Gasteiger partial charge is 0.508 e. The molecule has 8 bridgehead atoms. The lowest BCUT2D eigenvalue weighted by atomic mass is 9.78. The molecule has 2 atom stereocenters. The Kier molecular flexibility index (Phi) is 7.05. The smallest absolute Gasteiger partial charge is 0.305 e. The maximum atomic E-state index is 12.4. The van der Waals surface area contributed by atoms with E-state index in [2.05, 4.69) is 63.0 Å². The number of allylic oxidation sites excluding steroid dienone is 4. The van der Waals surface area contributed by atoms with E-state index in [1.165, 1.54) is 18.2 Å². The molecule has 0 fully saturated rings. The SMILES string of the molecule is CCc1c2[nH]c(c1C)C=C1N=c3c(cccc3=C3N=C(C(CCC(=O)OC)=C3C)C3=C(O)C(OC)C4=C(C)C(=C2)N=C34)C1(C)CC. The molecule has 8 nitrogen and oxygen atoms in total. The Labute approximate surface area is 269 Å². The molecule has 1 aliphatic carbocycles. The van der Waals surface area contributed by atoms with E-state index in [4.69, 9.17) is 24.5 Å². The van der Waals surface area contributed by atoms with Crippen molar-refractivity contribution in [2.75, 3.05) is 14.2 Å². The van der Waals surface area contributed by atoms with Gasteiger partial charge in [-0.15, -0.1) is 0 Å². The minimum atomic E-state index is -0.675. The van der Waals surface area contributed by atoms with Gasteiger partial charge in [-0.1, -0.05) is 32.0 Å². The molecule has 46 heavy (non-hydrogen) atoms. The first-order valence-corrected chi connectivity index (χ1v) is 16.1. The van der Waals surface area contributed by atoms with Crippen molar-refractivity contribution in [1.82, 2.24) is 4.98 Å². The van der Waals surface area contributed by atoms with E-state index < -0.39 is 6.10 Å². The summed E-state index contributed by atoms with van der Waals surface area (Å²) in [6, 6.07) is 6.33. The van der Waals surface area contributed by atoms with Crippen molar-refractivity contribution in [3.63, 3.8) is 0 Å². The Balaban J connectivity index is 1.62. The highest BCUT2D eigenvalue weighted by Crippen LogP contribution is 2.45. The summed E-state index contributed by atoms with van der Waals surface area (Å²) in [7, 11) is 3.00. The molecule has 236 valence electrons. The number of nitrogens with one attached hydrogen (secondary N) is 1. The molecule has 8 heteroatoms. The van der Waals surface area contributed by atoms with Gasteiger partial charge in [0.05, 0.1) is 46.6 Å². The molecule has 5 aliphatic rings. The molecule has 7 rings (SSSR count). The topological polar surface area (TPSA) is 109 Å². The quantitative estimate of drug-likeness (QED) is 0.387. The summed E-state index contributed by atoms with van der Waals surface area (Å²) in [5.74, 6) is -0.222. The number of rotatable bonds is 6. The number of H-pyrrole nitrogens is 1. The number of hydrogen-bond acceptors (Lipinski definition) is 7. The number of aromatic nitrogens is 1. The van der Waals surface area contributed by atoms with Crippen LogP contribution in [0, 0.1) is 6.92 Å². The van der Waals surface area contributed by atoms with Crippen LogP contribution in [-0.2, 0) is 26.1 Å². The zero-order valence-corrected chi connectivity index (χ0v) is 27.8. The van der Waals surface area contributed by atoms with E-state index >= 15 is 0 Å². The van der Waals surface area contributed by atoms with Crippen LogP contribution in [0.3, 0.4) is 0 Å². The molecule has 0 radical (unpaired) electrons. The standard InChI is InChI=1S/C38H40N4O4/c1-9-21-18(3)26-17-28-38(6,10-2)24-13-11-12-23(33(24)41-28)32-19(4)22(14-15-29(43)45-7)34(42-32)31-35-30(37(46-8)36(31)44)20(5)25(40-35)16-27(21)39-26/h11-13,16-17,37,39,44H,9-10,14-15H2,1-8H3. The van der Waals surface area contributed by atoms with Crippen molar-refractivity contribution < 1.29 is 19.4 Å². The number of benzene rings is 1. The van der Waals surface area contributed by atoms with Gasteiger partial charge in [-0.2, -0.15) is 0 Å². The van der Waals surface area contributed by atoms with Gasteiger partial charge in [0.25, 0.3) is 0 Å². The molecule has 2 aromatic rings. The summed E-state index contributed by atoms with van der Waals surface area (Å²) in [4.78, 5) is 31.9. The number of fused-ring (bicyclic) bond motifs is 6. The molecular formula is C38H40N4O4. The van der Waals surface area contributed by atoms with Crippen molar-refractivity contribution in [3.05, 3.63) is 102 Å². The molecule has 2 unspecified atom stereocenters. The molecule has 0 saturated carbocycles. The van der Waals surface area contributed by atoms with Crippen LogP contribution in [0.15, 0.2) is 78.2 Å². The van der Waals surface area contributed by atoms with Gasteiger partial charge in [0.15, 0.2) is 0 Å². The van der Waals surface area contributed by atoms with Crippen LogP contribution in [0.4, 0.5) is 0 Å². The van der Waals surface area contributed by atoms with Gasteiger partial charge in [0.1, 0.15) is 11.9 Å². The number of ether oxygens (including phenoxy) is 2.